The number of allylic oxidation sites excluding steroid dienone is 4. The molecule has 0 rings (SSSR count). The fourth-order valence-electron chi connectivity index (χ4n) is 4.40. The molecule has 0 unspecified atom stereocenters. The molecule has 0 N–H and O–H groups in total. The van der Waals surface area contributed by atoms with Gasteiger partial charge in [-0.1, -0.05) is 31.9 Å². The van der Waals surface area contributed by atoms with Crippen molar-refractivity contribution < 1.29 is 7.87 Å². The van der Waals surface area contributed by atoms with E-state index in [0.29, 0.717) is 6.42 Å². The first-order valence-electron chi connectivity index (χ1n) is 14.7. The van der Waals surface area contributed by atoms with Crippen LogP contribution in [0.25, 0.3) is 0 Å². The van der Waals surface area contributed by atoms with Crippen LogP contribution in [-0.2, 0) is 7.87 Å². The predicted molar refractivity (Wildman–Crippen MR) is 150 cm³/mol. The van der Waals surface area contributed by atoms with Crippen LogP contribution in [0.4, 0.5) is 0 Å². The molecule has 0 aromatic carbocycles. The summed E-state index contributed by atoms with van der Waals surface area (Å²) >= 11 is -2.76. The second kappa shape index (κ2) is 24.9. The molecule has 2 nitrogen and oxygen atoms in total. The van der Waals surface area contributed by atoms with Crippen molar-refractivity contribution in [3.05, 3.63) is 24.3 Å². The number of carbonyl (C=O) groups is 1. The van der Waals surface area contributed by atoms with Gasteiger partial charge < -0.3 is 0 Å². The predicted octanol–water partition coefficient (Wildman–Crippen LogP) is 10.7. The molecule has 0 spiro atoms. The van der Waals surface area contributed by atoms with Gasteiger partial charge in [-0.05, 0) is 12.8 Å². The molecule has 0 atom stereocenters. The van der Waals surface area contributed by atoms with Crippen LogP contribution < -0.4 is 0 Å². The molecule has 0 radical (unpaired) electrons. The van der Waals surface area contributed by atoms with E-state index in [1.165, 1.54) is 110 Å². The average molecular weight is 570 g/mol. The molecule has 0 heterocycles. The van der Waals surface area contributed by atoms with Gasteiger partial charge >= 0.3 is 169 Å². The number of unbranched alkanes of at least 4 members (excludes halogenated alkanes) is 11. The summed E-state index contributed by atoms with van der Waals surface area (Å²) in [5.74, 6) is 0.139. The molecule has 33 heavy (non-hydrogen) atoms. The fourth-order valence-corrected chi connectivity index (χ4v) is 17.6. The molecule has 0 fully saturated rings. The topological polar surface area (TPSA) is 26.3 Å². The normalized spacial score (nSPS) is 12.2. The molecule has 0 aliphatic carbocycles. The Labute approximate surface area is 212 Å². The monoisotopic (exact) mass is 570 g/mol. The summed E-state index contributed by atoms with van der Waals surface area (Å²) in [6, 6.07) is 0. The van der Waals surface area contributed by atoms with Crippen molar-refractivity contribution >= 4 is 24.8 Å². The Bertz CT molecular complexity index is 462. The van der Waals surface area contributed by atoms with Crippen LogP contribution in [-0.4, -0.2) is 24.8 Å². The van der Waals surface area contributed by atoms with Crippen molar-refractivity contribution in [2.45, 2.75) is 157 Å². The van der Waals surface area contributed by atoms with Gasteiger partial charge in [0.25, 0.3) is 0 Å². The van der Waals surface area contributed by atoms with Crippen molar-refractivity contribution in [3.63, 3.8) is 0 Å². The maximum absolute atomic E-state index is 12.7. The summed E-state index contributed by atoms with van der Waals surface area (Å²) < 4.78 is 10.2. The van der Waals surface area contributed by atoms with E-state index in [1.54, 1.807) is 0 Å². The van der Waals surface area contributed by atoms with Gasteiger partial charge in [0.15, 0.2) is 0 Å². The second-order valence-corrected chi connectivity index (χ2v) is 21.6. The molecule has 0 aliphatic heterocycles. The Balaban J connectivity index is 4.00. The first kappa shape index (κ1) is 32.7. The first-order chi connectivity index (χ1) is 16.1. The Morgan fingerprint density at radius 1 is 0.576 bits per heavy atom. The number of hydrogen-bond acceptors (Lipinski definition) is 2. The zero-order valence-electron chi connectivity index (χ0n) is 23.0. The van der Waals surface area contributed by atoms with Crippen LogP contribution in [0.15, 0.2) is 24.3 Å². The Morgan fingerprint density at radius 2 is 1.03 bits per heavy atom. The van der Waals surface area contributed by atoms with Gasteiger partial charge in [0.1, 0.15) is 0 Å². The molecule has 0 saturated heterocycles. The Kier molecular flexibility index (Phi) is 24.7. The average Bonchev–Trinajstić information content (AvgIpc) is 2.82. The molecular formula is C30H58O2Sn. The second-order valence-electron chi connectivity index (χ2n) is 9.95. The summed E-state index contributed by atoms with van der Waals surface area (Å²) in [5.41, 5.74) is 0. The van der Waals surface area contributed by atoms with Crippen LogP contribution in [0.1, 0.15) is 143 Å². The molecule has 0 aromatic heterocycles. The van der Waals surface area contributed by atoms with E-state index in [0.717, 1.165) is 12.8 Å². The van der Waals surface area contributed by atoms with E-state index >= 15 is 0 Å². The molecule has 0 aliphatic rings. The van der Waals surface area contributed by atoms with E-state index < -0.39 is 18.8 Å². The third-order valence-corrected chi connectivity index (χ3v) is 19.3. The van der Waals surface area contributed by atoms with Gasteiger partial charge in [0, 0.05) is 0 Å². The maximum atomic E-state index is 12.7. The summed E-state index contributed by atoms with van der Waals surface area (Å²) in [4.78, 5) is 12.7. The molecule has 0 bridgehead atoms. The minimum atomic E-state index is -2.76. The van der Waals surface area contributed by atoms with Crippen molar-refractivity contribution in [2.75, 3.05) is 0 Å². The number of hydrogen-bond donors (Lipinski definition) is 0. The van der Waals surface area contributed by atoms with Crippen LogP contribution >= 0.6 is 0 Å². The zero-order chi connectivity index (χ0) is 24.5. The number of rotatable bonds is 24. The van der Waals surface area contributed by atoms with Crippen molar-refractivity contribution in [1.29, 1.82) is 0 Å². The van der Waals surface area contributed by atoms with Crippen LogP contribution in [0.5, 0.6) is 0 Å². The number of carbonyl (C=O) groups excluding carboxylic acids is 1. The fraction of sp³-hybridized carbons (Fsp3) is 0.833. The van der Waals surface area contributed by atoms with Crippen molar-refractivity contribution in [1.82, 2.24) is 0 Å². The van der Waals surface area contributed by atoms with Gasteiger partial charge in [-0.3, -0.25) is 0 Å². The first-order valence-corrected chi connectivity index (χ1v) is 21.9. The van der Waals surface area contributed by atoms with E-state index in [4.69, 9.17) is 3.07 Å². The zero-order valence-corrected chi connectivity index (χ0v) is 25.8. The quantitative estimate of drug-likeness (QED) is 0.0657. The van der Waals surface area contributed by atoms with Gasteiger partial charge in [0.05, 0.1) is 0 Å². The Hall–Kier alpha value is -0.251. The molecular weight excluding hydrogens is 511 g/mol. The van der Waals surface area contributed by atoms with E-state index in [1.807, 2.05) is 0 Å². The van der Waals surface area contributed by atoms with Crippen LogP contribution in [0, 0.1) is 0 Å². The third-order valence-electron chi connectivity index (χ3n) is 6.62. The van der Waals surface area contributed by atoms with E-state index in [9.17, 15) is 4.79 Å². The standard InChI is InChI=1S/C18H32O2.3C4H9.Sn/c1-2-3-4-5-6-7-8-9-10-11-12-13-14-15-16-17-18(19)20;3*1-3-4-2;/h6-7,9-10H,2-5,8,11-17H2,1H3,(H,19,20);3*1,3-4H2,2H3;/q;;;;+1/p-1/b7-6+,10-9+;;;;. The van der Waals surface area contributed by atoms with E-state index in [-0.39, 0.29) is 5.97 Å². The Morgan fingerprint density at radius 3 is 1.55 bits per heavy atom. The molecule has 0 aromatic rings. The van der Waals surface area contributed by atoms with Crippen molar-refractivity contribution in [3.8, 4) is 0 Å². The van der Waals surface area contributed by atoms with E-state index in [2.05, 4.69) is 52.0 Å². The molecule has 0 amide bonds. The molecule has 3 heteroatoms. The summed E-state index contributed by atoms with van der Waals surface area (Å²) in [5, 5.41) is 0. The van der Waals surface area contributed by atoms with Gasteiger partial charge in [-0.25, -0.2) is 0 Å². The van der Waals surface area contributed by atoms with Gasteiger partial charge in [-0.15, -0.1) is 0 Å². The third kappa shape index (κ3) is 20.8. The van der Waals surface area contributed by atoms with Gasteiger partial charge in [0.2, 0.25) is 0 Å². The summed E-state index contributed by atoms with van der Waals surface area (Å²) in [7, 11) is 0. The summed E-state index contributed by atoms with van der Waals surface area (Å²) in [6.07, 6.45) is 30.8. The van der Waals surface area contributed by atoms with Gasteiger partial charge in [-0.2, -0.15) is 0 Å². The van der Waals surface area contributed by atoms with Crippen LogP contribution in [0.3, 0.4) is 0 Å². The molecule has 194 valence electrons. The summed E-state index contributed by atoms with van der Waals surface area (Å²) in [6.45, 7) is 9.05. The van der Waals surface area contributed by atoms with Crippen LogP contribution in [0.2, 0.25) is 13.3 Å². The minimum absolute atomic E-state index is 0.139. The molecule has 0 saturated carbocycles. The SMILES string of the molecule is CCCCC/C=C/C/C=C/CCCCCCCC(=O)[O][Sn]([CH2]CCC)([CH2]CCC)[CH2]CCC. The van der Waals surface area contributed by atoms with Crippen molar-refractivity contribution in [2.24, 2.45) is 0 Å².